The van der Waals surface area contributed by atoms with E-state index in [9.17, 15) is 9.18 Å². The molecule has 4 rings (SSSR count). The highest BCUT2D eigenvalue weighted by atomic mass is 32.1. The number of halogens is 1. The van der Waals surface area contributed by atoms with Crippen LogP contribution in [0.4, 0.5) is 4.39 Å². The third-order valence-corrected chi connectivity index (χ3v) is 4.88. The fraction of sp³-hybridized carbons (Fsp3) is 0. The van der Waals surface area contributed by atoms with Crippen LogP contribution in [0, 0.1) is 5.82 Å². The number of hydrogen-bond acceptors (Lipinski definition) is 5. The van der Waals surface area contributed by atoms with Crippen molar-refractivity contribution in [3.63, 3.8) is 0 Å². The minimum atomic E-state index is -0.317. The SMILES string of the molecule is O=c1c(=Cc2cccs2)sc2nc(-c3ccc(F)cc3)nn12. The molecule has 7 heteroatoms. The van der Waals surface area contributed by atoms with Gasteiger partial charge in [-0.1, -0.05) is 17.4 Å². The quantitative estimate of drug-likeness (QED) is 0.568. The predicted octanol–water partition coefficient (Wildman–Crippen LogP) is 2.57. The van der Waals surface area contributed by atoms with Gasteiger partial charge in [-0.2, -0.15) is 9.50 Å². The first-order chi connectivity index (χ1) is 10.7. The zero-order chi connectivity index (χ0) is 15.1. The lowest BCUT2D eigenvalue weighted by Crippen LogP contribution is -2.23. The van der Waals surface area contributed by atoms with E-state index in [1.165, 1.54) is 28.0 Å². The van der Waals surface area contributed by atoms with Crippen molar-refractivity contribution in [1.82, 2.24) is 14.6 Å². The van der Waals surface area contributed by atoms with Crippen molar-refractivity contribution in [2.24, 2.45) is 0 Å². The predicted molar refractivity (Wildman–Crippen MR) is 85.6 cm³/mol. The van der Waals surface area contributed by atoms with Gasteiger partial charge in [0.1, 0.15) is 5.82 Å². The summed E-state index contributed by atoms with van der Waals surface area (Å²) in [5.74, 6) is 0.105. The van der Waals surface area contributed by atoms with E-state index < -0.39 is 0 Å². The summed E-state index contributed by atoms with van der Waals surface area (Å²) >= 11 is 2.86. The molecule has 0 unspecified atom stereocenters. The Kier molecular flexibility index (Phi) is 3.09. The van der Waals surface area contributed by atoms with Gasteiger partial charge in [-0.05, 0) is 41.8 Å². The fourth-order valence-electron chi connectivity index (χ4n) is 2.06. The summed E-state index contributed by atoms with van der Waals surface area (Å²) in [6, 6.07) is 9.77. The lowest BCUT2D eigenvalue weighted by Gasteiger charge is -1.93. The molecule has 0 aliphatic carbocycles. The maximum absolute atomic E-state index is 12.9. The van der Waals surface area contributed by atoms with Gasteiger partial charge in [0.15, 0.2) is 5.82 Å². The molecule has 0 fully saturated rings. The standard InChI is InChI=1S/C15H8FN3OS2/c16-10-5-3-9(4-6-10)13-17-15-19(18-13)14(20)12(22-15)8-11-2-1-7-21-11/h1-8H. The molecule has 0 saturated carbocycles. The molecule has 0 spiro atoms. The van der Waals surface area contributed by atoms with Crippen molar-refractivity contribution >= 4 is 33.7 Å². The topological polar surface area (TPSA) is 47.3 Å². The van der Waals surface area contributed by atoms with Crippen LogP contribution in [0.15, 0.2) is 46.6 Å². The molecule has 0 atom stereocenters. The van der Waals surface area contributed by atoms with Crippen LogP contribution < -0.4 is 10.1 Å². The molecular formula is C15H8FN3OS2. The second kappa shape index (κ2) is 5.11. The number of nitrogens with zero attached hydrogens (tertiary/aromatic N) is 3. The van der Waals surface area contributed by atoms with Crippen LogP contribution in [0.3, 0.4) is 0 Å². The van der Waals surface area contributed by atoms with Gasteiger partial charge in [-0.25, -0.2) is 4.39 Å². The molecule has 0 radical (unpaired) electrons. The average Bonchev–Trinajstić information content (AvgIpc) is 3.21. The van der Waals surface area contributed by atoms with Crippen molar-refractivity contribution in [3.8, 4) is 11.4 Å². The van der Waals surface area contributed by atoms with Gasteiger partial charge >= 0.3 is 0 Å². The second-order valence-electron chi connectivity index (χ2n) is 4.57. The highest BCUT2D eigenvalue weighted by Crippen LogP contribution is 2.17. The van der Waals surface area contributed by atoms with Crippen molar-refractivity contribution in [2.45, 2.75) is 0 Å². The van der Waals surface area contributed by atoms with E-state index in [1.54, 1.807) is 23.5 Å². The number of aromatic nitrogens is 3. The van der Waals surface area contributed by atoms with Crippen LogP contribution in [0.2, 0.25) is 0 Å². The van der Waals surface area contributed by atoms with Crippen LogP contribution in [-0.4, -0.2) is 14.6 Å². The van der Waals surface area contributed by atoms with Crippen LogP contribution in [0.5, 0.6) is 0 Å². The summed E-state index contributed by atoms with van der Waals surface area (Å²) in [6.45, 7) is 0. The molecule has 4 aromatic rings. The smallest absolute Gasteiger partial charge is 0.266 e. The number of fused-ring (bicyclic) bond motifs is 1. The number of benzene rings is 1. The Morgan fingerprint density at radius 1 is 1.18 bits per heavy atom. The minimum Gasteiger partial charge on any atom is -0.266 e. The highest BCUT2D eigenvalue weighted by molar-refractivity contribution is 7.15. The van der Waals surface area contributed by atoms with Gasteiger partial charge in [0.05, 0.1) is 4.53 Å². The molecule has 0 bridgehead atoms. The normalized spacial score (nSPS) is 12.3. The number of thiazole rings is 1. The average molecular weight is 329 g/mol. The molecule has 0 N–H and O–H groups in total. The Morgan fingerprint density at radius 2 is 2.00 bits per heavy atom. The van der Waals surface area contributed by atoms with Crippen LogP contribution in [0.1, 0.15) is 4.88 Å². The second-order valence-corrected chi connectivity index (χ2v) is 6.56. The van der Waals surface area contributed by atoms with E-state index in [1.807, 2.05) is 23.6 Å². The van der Waals surface area contributed by atoms with E-state index >= 15 is 0 Å². The molecule has 22 heavy (non-hydrogen) atoms. The van der Waals surface area contributed by atoms with Gasteiger partial charge in [0, 0.05) is 10.4 Å². The lowest BCUT2D eigenvalue weighted by atomic mass is 10.2. The van der Waals surface area contributed by atoms with Gasteiger partial charge in [0.2, 0.25) is 4.96 Å². The molecule has 1 aromatic carbocycles. The number of hydrogen-bond donors (Lipinski definition) is 0. The molecule has 0 aliphatic rings. The van der Waals surface area contributed by atoms with E-state index in [-0.39, 0.29) is 11.4 Å². The van der Waals surface area contributed by atoms with Crippen molar-refractivity contribution < 1.29 is 4.39 Å². The van der Waals surface area contributed by atoms with E-state index in [4.69, 9.17) is 0 Å². The van der Waals surface area contributed by atoms with Crippen molar-refractivity contribution in [2.75, 3.05) is 0 Å². The van der Waals surface area contributed by atoms with E-state index in [0.29, 0.717) is 20.9 Å². The van der Waals surface area contributed by atoms with E-state index in [2.05, 4.69) is 10.1 Å². The molecule has 0 aliphatic heterocycles. The summed E-state index contributed by atoms with van der Waals surface area (Å²) in [5, 5.41) is 6.18. The monoisotopic (exact) mass is 329 g/mol. The molecule has 0 amide bonds. The van der Waals surface area contributed by atoms with Crippen LogP contribution >= 0.6 is 22.7 Å². The fourth-order valence-corrected chi connectivity index (χ4v) is 3.69. The maximum atomic E-state index is 12.9. The summed E-state index contributed by atoms with van der Waals surface area (Å²) in [4.78, 5) is 18.2. The first-order valence-corrected chi connectivity index (χ1v) is 8.11. The Hall–Kier alpha value is -2.38. The summed E-state index contributed by atoms with van der Waals surface area (Å²) in [7, 11) is 0. The van der Waals surface area contributed by atoms with Crippen LogP contribution in [0.25, 0.3) is 22.4 Å². The van der Waals surface area contributed by atoms with E-state index in [0.717, 1.165) is 4.88 Å². The first-order valence-electron chi connectivity index (χ1n) is 6.41. The molecule has 4 nitrogen and oxygen atoms in total. The van der Waals surface area contributed by atoms with Gasteiger partial charge in [0.25, 0.3) is 5.56 Å². The Balaban J connectivity index is 1.84. The molecular weight excluding hydrogens is 321 g/mol. The maximum Gasteiger partial charge on any atom is 0.291 e. The molecule has 3 heterocycles. The van der Waals surface area contributed by atoms with Crippen molar-refractivity contribution in [3.05, 3.63) is 67.4 Å². The zero-order valence-corrected chi connectivity index (χ0v) is 12.7. The zero-order valence-electron chi connectivity index (χ0n) is 11.1. The van der Waals surface area contributed by atoms with Gasteiger partial charge in [-0.3, -0.25) is 4.79 Å². The third kappa shape index (κ3) is 2.24. The van der Waals surface area contributed by atoms with Gasteiger partial charge in [-0.15, -0.1) is 16.4 Å². The summed E-state index contributed by atoms with van der Waals surface area (Å²) < 4.78 is 14.8. The molecule has 108 valence electrons. The first kappa shape index (κ1) is 13.3. The number of rotatable bonds is 2. The Labute approximate surface area is 131 Å². The third-order valence-electron chi connectivity index (χ3n) is 3.10. The summed E-state index contributed by atoms with van der Waals surface area (Å²) in [6.07, 6.45) is 1.84. The number of thiophene rings is 1. The molecule has 3 aromatic heterocycles. The van der Waals surface area contributed by atoms with Gasteiger partial charge < -0.3 is 0 Å². The molecule has 0 saturated heterocycles. The lowest BCUT2D eigenvalue weighted by molar-refractivity contribution is 0.628. The van der Waals surface area contributed by atoms with Crippen molar-refractivity contribution in [1.29, 1.82) is 0 Å². The van der Waals surface area contributed by atoms with Crippen LogP contribution in [-0.2, 0) is 0 Å². The summed E-state index contributed by atoms with van der Waals surface area (Å²) in [5.41, 5.74) is 0.495. The highest BCUT2D eigenvalue weighted by Gasteiger charge is 2.11. The Morgan fingerprint density at radius 3 is 2.68 bits per heavy atom. The largest absolute Gasteiger partial charge is 0.291 e. The minimum absolute atomic E-state index is 0.186. The Bertz CT molecular complexity index is 1050.